The summed E-state index contributed by atoms with van der Waals surface area (Å²) in [4.78, 5) is 12.1. The number of nitrogens with zero attached hydrogens (tertiary/aromatic N) is 1. The van der Waals surface area contributed by atoms with Crippen LogP contribution < -0.4 is 11.1 Å². The van der Waals surface area contributed by atoms with E-state index in [1.54, 1.807) is 18.3 Å². The largest absolute Gasteiger partial charge is 0.350 e. The van der Waals surface area contributed by atoms with E-state index in [4.69, 9.17) is 5.73 Å². The number of hydrogen-bond acceptors (Lipinski definition) is 3. The fourth-order valence-electron chi connectivity index (χ4n) is 2.20. The molecule has 0 aliphatic rings. The molecular weight excluding hydrogens is 264 g/mol. The molecule has 1 heterocycles. The summed E-state index contributed by atoms with van der Waals surface area (Å²) in [6, 6.07) is 14.9. The number of carbonyl (C=O) groups is 1. The summed E-state index contributed by atoms with van der Waals surface area (Å²) in [6.07, 6.45) is 1.72. The molecule has 2 aromatic carbocycles. The van der Waals surface area contributed by atoms with E-state index >= 15 is 0 Å². The van der Waals surface area contributed by atoms with Gasteiger partial charge in [0.1, 0.15) is 0 Å². The average molecular weight is 280 g/mol. The highest BCUT2D eigenvalue weighted by atomic mass is 16.1. The first-order valence-electron chi connectivity index (χ1n) is 6.76. The van der Waals surface area contributed by atoms with Crippen LogP contribution in [0.25, 0.3) is 10.9 Å². The summed E-state index contributed by atoms with van der Waals surface area (Å²) in [6.45, 7) is 0.393. The highest BCUT2D eigenvalue weighted by molar-refractivity contribution is 5.97. The van der Waals surface area contributed by atoms with Crippen molar-refractivity contribution < 1.29 is 4.79 Å². The SMILES string of the molecule is NC(CNC(=O)c1ccc2cn[nH]c2c1)c1ccccc1. The molecule has 5 heteroatoms. The maximum Gasteiger partial charge on any atom is 0.251 e. The maximum absolute atomic E-state index is 12.1. The first-order valence-corrected chi connectivity index (χ1v) is 6.76. The Balaban J connectivity index is 1.66. The number of benzene rings is 2. The van der Waals surface area contributed by atoms with Crippen LogP contribution in [0.5, 0.6) is 0 Å². The lowest BCUT2D eigenvalue weighted by Crippen LogP contribution is -2.31. The molecule has 106 valence electrons. The molecule has 0 saturated heterocycles. The van der Waals surface area contributed by atoms with Crippen molar-refractivity contribution in [2.24, 2.45) is 5.73 Å². The highest BCUT2D eigenvalue weighted by Crippen LogP contribution is 2.13. The van der Waals surface area contributed by atoms with Gasteiger partial charge in [0.15, 0.2) is 0 Å². The van der Waals surface area contributed by atoms with Crippen molar-refractivity contribution >= 4 is 16.8 Å². The van der Waals surface area contributed by atoms with Gasteiger partial charge in [-0.25, -0.2) is 0 Å². The number of carbonyl (C=O) groups excluding carboxylic acids is 1. The lowest BCUT2D eigenvalue weighted by molar-refractivity contribution is 0.0951. The Morgan fingerprint density at radius 3 is 2.86 bits per heavy atom. The van der Waals surface area contributed by atoms with Gasteiger partial charge in [-0.05, 0) is 17.7 Å². The van der Waals surface area contributed by atoms with Crippen LogP contribution in [-0.2, 0) is 0 Å². The van der Waals surface area contributed by atoms with Crippen molar-refractivity contribution in [2.45, 2.75) is 6.04 Å². The number of fused-ring (bicyclic) bond motifs is 1. The van der Waals surface area contributed by atoms with E-state index < -0.39 is 0 Å². The number of nitrogens with one attached hydrogen (secondary N) is 2. The zero-order valence-electron chi connectivity index (χ0n) is 11.4. The van der Waals surface area contributed by atoms with Crippen molar-refractivity contribution in [2.75, 3.05) is 6.54 Å². The van der Waals surface area contributed by atoms with E-state index in [2.05, 4.69) is 15.5 Å². The Bertz CT molecular complexity index is 751. The van der Waals surface area contributed by atoms with Crippen molar-refractivity contribution in [3.63, 3.8) is 0 Å². The molecule has 0 spiro atoms. The highest BCUT2D eigenvalue weighted by Gasteiger charge is 2.10. The van der Waals surface area contributed by atoms with E-state index in [1.165, 1.54) is 0 Å². The van der Waals surface area contributed by atoms with Crippen LogP contribution in [0, 0.1) is 0 Å². The molecule has 3 rings (SSSR count). The normalized spacial score (nSPS) is 12.2. The molecule has 1 amide bonds. The van der Waals surface area contributed by atoms with Crippen LogP contribution in [0.3, 0.4) is 0 Å². The van der Waals surface area contributed by atoms with Gasteiger partial charge >= 0.3 is 0 Å². The molecule has 0 bridgehead atoms. The van der Waals surface area contributed by atoms with Gasteiger partial charge in [0.2, 0.25) is 0 Å². The quantitative estimate of drug-likeness (QED) is 0.683. The fourth-order valence-corrected chi connectivity index (χ4v) is 2.20. The summed E-state index contributed by atoms with van der Waals surface area (Å²) >= 11 is 0. The second-order valence-corrected chi connectivity index (χ2v) is 4.90. The Hall–Kier alpha value is -2.66. The zero-order valence-corrected chi connectivity index (χ0v) is 11.4. The van der Waals surface area contributed by atoms with Crippen molar-refractivity contribution in [3.05, 3.63) is 65.9 Å². The van der Waals surface area contributed by atoms with Crippen LogP contribution in [-0.4, -0.2) is 22.6 Å². The van der Waals surface area contributed by atoms with Gasteiger partial charge in [-0.15, -0.1) is 0 Å². The Labute approximate surface area is 122 Å². The smallest absolute Gasteiger partial charge is 0.251 e. The minimum Gasteiger partial charge on any atom is -0.350 e. The standard InChI is InChI=1S/C16H16N4O/c17-14(11-4-2-1-3-5-11)10-18-16(21)12-6-7-13-9-19-20-15(13)8-12/h1-9,14H,10,17H2,(H,18,21)(H,19,20). The predicted molar refractivity (Wildman–Crippen MR) is 81.8 cm³/mol. The molecule has 1 aromatic heterocycles. The first-order chi connectivity index (χ1) is 10.2. The van der Waals surface area contributed by atoms with Gasteiger partial charge in [-0.3, -0.25) is 9.89 Å². The Morgan fingerprint density at radius 2 is 2.05 bits per heavy atom. The van der Waals surface area contributed by atoms with Crippen molar-refractivity contribution in [3.8, 4) is 0 Å². The first kappa shape index (κ1) is 13.3. The van der Waals surface area contributed by atoms with Gasteiger partial charge < -0.3 is 11.1 Å². The molecule has 4 N–H and O–H groups in total. The number of amides is 1. The Morgan fingerprint density at radius 1 is 1.24 bits per heavy atom. The van der Waals surface area contributed by atoms with Gasteiger partial charge in [-0.2, -0.15) is 5.10 Å². The van der Waals surface area contributed by atoms with Crippen molar-refractivity contribution in [1.82, 2.24) is 15.5 Å². The number of hydrogen-bond donors (Lipinski definition) is 3. The van der Waals surface area contributed by atoms with Gasteiger partial charge in [-0.1, -0.05) is 36.4 Å². The maximum atomic E-state index is 12.1. The fraction of sp³-hybridized carbons (Fsp3) is 0.125. The summed E-state index contributed by atoms with van der Waals surface area (Å²) < 4.78 is 0. The summed E-state index contributed by atoms with van der Waals surface area (Å²) in [7, 11) is 0. The second-order valence-electron chi connectivity index (χ2n) is 4.90. The molecule has 1 atom stereocenters. The summed E-state index contributed by atoms with van der Waals surface area (Å²) in [5.41, 5.74) is 8.50. The van der Waals surface area contributed by atoms with Gasteiger partial charge in [0, 0.05) is 23.5 Å². The monoisotopic (exact) mass is 280 g/mol. The van der Waals surface area contributed by atoms with E-state index in [-0.39, 0.29) is 11.9 Å². The third-order valence-electron chi connectivity index (χ3n) is 3.41. The summed E-state index contributed by atoms with van der Waals surface area (Å²) in [5, 5.41) is 10.6. The van der Waals surface area contributed by atoms with Gasteiger partial charge in [0.05, 0.1) is 11.7 Å². The molecule has 21 heavy (non-hydrogen) atoms. The number of nitrogens with two attached hydrogens (primary N) is 1. The molecule has 0 saturated carbocycles. The predicted octanol–water partition coefficient (Wildman–Crippen LogP) is 1.99. The third-order valence-corrected chi connectivity index (χ3v) is 3.41. The van der Waals surface area contributed by atoms with E-state index in [0.29, 0.717) is 12.1 Å². The van der Waals surface area contributed by atoms with E-state index in [9.17, 15) is 4.79 Å². The number of aromatic amines is 1. The molecule has 0 aliphatic heterocycles. The summed E-state index contributed by atoms with van der Waals surface area (Å²) in [5.74, 6) is -0.141. The topological polar surface area (TPSA) is 83.8 Å². The van der Waals surface area contributed by atoms with Crippen LogP contribution in [0.2, 0.25) is 0 Å². The van der Waals surface area contributed by atoms with Crippen LogP contribution >= 0.6 is 0 Å². The lowest BCUT2D eigenvalue weighted by Gasteiger charge is -2.13. The average Bonchev–Trinajstić information content (AvgIpc) is 3.00. The van der Waals surface area contributed by atoms with E-state index in [1.807, 2.05) is 36.4 Å². The minimum absolute atomic E-state index is 0.141. The third kappa shape index (κ3) is 2.93. The molecular formula is C16H16N4O. The van der Waals surface area contributed by atoms with E-state index in [0.717, 1.165) is 16.5 Å². The zero-order chi connectivity index (χ0) is 14.7. The molecule has 0 fully saturated rings. The second kappa shape index (κ2) is 5.76. The molecule has 0 aliphatic carbocycles. The molecule has 1 unspecified atom stereocenters. The number of aromatic nitrogens is 2. The number of rotatable bonds is 4. The molecule has 5 nitrogen and oxygen atoms in total. The van der Waals surface area contributed by atoms with Crippen LogP contribution in [0.4, 0.5) is 0 Å². The van der Waals surface area contributed by atoms with Crippen LogP contribution in [0.1, 0.15) is 22.0 Å². The van der Waals surface area contributed by atoms with Crippen molar-refractivity contribution in [1.29, 1.82) is 0 Å². The number of H-pyrrole nitrogens is 1. The minimum atomic E-state index is -0.217. The molecule has 0 radical (unpaired) electrons. The molecule has 3 aromatic rings. The van der Waals surface area contributed by atoms with Crippen LogP contribution in [0.15, 0.2) is 54.7 Å². The van der Waals surface area contributed by atoms with Gasteiger partial charge in [0.25, 0.3) is 5.91 Å². The Kier molecular flexibility index (Phi) is 3.66. The lowest BCUT2D eigenvalue weighted by atomic mass is 10.1.